The van der Waals surface area contributed by atoms with E-state index in [-0.39, 0.29) is 5.91 Å². The van der Waals surface area contributed by atoms with Gasteiger partial charge in [0.05, 0.1) is 12.2 Å². The van der Waals surface area contributed by atoms with Crippen molar-refractivity contribution in [3.05, 3.63) is 65.0 Å². The molecule has 0 aliphatic carbocycles. The molecule has 0 radical (unpaired) electrons. The molecule has 6 heteroatoms. The Bertz CT molecular complexity index is 742. The van der Waals surface area contributed by atoms with Crippen molar-refractivity contribution in [1.29, 1.82) is 0 Å². The number of benzene rings is 1. The van der Waals surface area contributed by atoms with E-state index in [4.69, 9.17) is 0 Å². The molecule has 1 heterocycles. The number of guanidine groups is 1. The van der Waals surface area contributed by atoms with E-state index in [9.17, 15) is 4.79 Å². The average Bonchev–Trinajstić information content (AvgIpc) is 2.65. The van der Waals surface area contributed by atoms with Gasteiger partial charge in [-0.05, 0) is 42.7 Å². The first-order valence-corrected chi connectivity index (χ1v) is 8.30. The minimum atomic E-state index is -0.0713. The van der Waals surface area contributed by atoms with Crippen molar-refractivity contribution in [3.63, 3.8) is 0 Å². The third-order valence-electron chi connectivity index (χ3n) is 3.89. The SMILES string of the molecule is CN=C(NCCc1cccc(C(=O)NC)c1)NCc1ncccc1C. The fourth-order valence-electron chi connectivity index (χ4n) is 2.43. The number of hydrogen-bond acceptors (Lipinski definition) is 3. The largest absolute Gasteiger partial charge is 0.356 e. The predicted molar refractivity (Wildman–Crippen MR) is 101 cm³/mol. The molecule has 1 amide bonds. The highest BCUT2D eigenvalue weighted by atomic mass is 16.1. The van der Waals surface area contributed by atoms with E-state index in [2.05, 4.69) is 25.9 Å². The fraction of sp³-hybridized carbons (Fsp3) is 0.316. The van der Waals surface area contributed by atoms with Crippen LogP contribution in [0.3, 0.4) is 0 Å². The summed E-state index contributed by atoms with van der Waals surface area (Å²) in [5.41, 5.74) is 3.93. The van der Waals surface area contributed by atoms with E-state index >= 15 is 0 Å². The molecule has 2 rings (SSSR count). The van der Waals surface area contributed by atoms with Gasteiger partial charge in [0.15, 0.2) is 5.96 Å². The van der Waals surface area contributed by atoms with Gasteiger partial charge < -0.3 is 16.0 Å². The van der Waals surface area contributed by atoms with E-state index in [0.717, 1.165) is 35.7 Å². The van der Waals surface area contributed by atoms with Gasteiger partial charge in [-0.3, -0.25) is 14.8 Å². The van der Waals surface area contributed by atoms with Crippen LogP contribution >= 0.6 is 0 Å². The lowest BCUT2D eigenvalue weighted by Gasteiger charge is -2.12. The molecule has 0 aliphatic rings. The highest BCUT2D eigenvalue weighted by Gasteiger charge is 2.05. The number of nitrogens with one attached hydrogen (secondary N) is 3. The first kappa shape index (κ1) is 18.4. The van der Waals surface area contributed by atoms with Gasteiger partial charge in [-0.1, -0.05) is 18.2 Å². The molecule has 0 aliphatic heterocycles. The van der Waals surface area contributed by atoms with Gasteiger partial charge >= 0.3 is 0 Å². The average molecular weight is 339 g/mol. The highest BCUT2D eigenvalue weighted by Crippen LogP contribution is 2.06. The Hall–Kier alpha value is -2.89. The van der Waals surface area contributed by atoms with Crippen molar-refractivity contribution in [3.8, 4) is 0 Å². The smallest absolute Gasteiger partial charge is 0.251 e. The van der Waals surface area contributed by atoms with E-state index in [1.807, 2.05) is 43.3 Å². The van der Waals surface area contributed by atoms with Crippen LogP contribution < -0.4 is 16.0 Å². The van der Waals surface area contributed by atoms with Crippen LogP contribution in [-0.2, 0) is 13.0 Å². The molecule has 0 saturated heterocycles. The standard InChI is InChI=1S/C19H25N5O/c1-14-6-5-10-22-17(14)13-24-19(21-3)23-11-9-15-7-4-8-16(12-15)18(25)20-2/h4-8,10,12H,9,11,13H2,1-3H3,(H,20,25)(H2,21,23,24). The number of rotatable bonds is 6. The Morgan fingerprint density at radius 3 is 2.76 bits per heavy atom. The van der Waals surface area contributed by atoms with Crippen molar-refractivity contribution >= 4 is 11.9 Å². The molecule has 0 bridgehead atoms. The molecule has 1 aromatic heterocycles. The van der Waals surface area contributed by atoms with E-state index in [0.29, 0.717) is 12.1 Å². The van der Waals surface area contributed by atoms with E-state index in [1.165, 1.54) is 0 Å². The lowest BCUT2D eigenvalue weighted by atomic mass is 10.1. The summed E-state index contributed by atoms with van der Waals surface area (Å²) < 4.78 is 0. The summed E-state index contributed by atoms with van der Waals surface area (Å²) in [7, 11) is 3.38. The molecule has 1 aromatic carbocycles. The van der Waals surface area contributed by atoms with Crippen molar-refractivity contribution in [2.75, 3.05) is 20.6 Å². The fourth-order valence-corrected chi connectivity index (χ4v) is 2.43. The van der Waals surface area contributed by atoms with E-state index in [1.54, 1.807) is 20.3 Å². The molecule has 0 fully saturated rings. The molecule has 6 nitrogen and oxygen atoms in total. The van der Waals surface area contributed by atoms with Gasteiger partial charge in [0, 0.05) is 32.4 Å². The zero-order valence-corrected chi connectivity index (χ0v) is 15.0. The van der Waals surface area contributed by atoms with Gasteiger partial charge in [0.25, 0.3) is 5.91 Å². The number of carbonyl (C=O) groups excluding carboxylic acids is 1. The predicted octanol–water partition coefficient (Wildman–Crippen LogP) is 1.66. The Kier molecular flexibility index (Phi) is 6.95. The third kappa shape index (κ3) is 5.60. The highest BCUT2D eigenvalue weighted by molar-refractivity contribution is 5.94. The van der Waals surface area contributed by atoms with Gasteiger partial charge in [-0.25, -0.2) is 0 Å². The number of nitrogens with zero attached hydrogens (tertiary/aromatic N) is 2. The Labute approximate surface area is 148 Å². The maximum atomic E-state index is 11.7. The number of hydrogen-bond donors (Lipinski definition) is 3. The number of aliphatic imine (C=N–C) groups is 1. The molecule has 0 unspecified atom stereocenters. The zero-order chi connectivity index (χ0) is 18.1. The molecule has 0 saturated carbocycles. The molecular weight excluding hydrogens is 314 g/mol. The van der Waals surface area contributed by atoms with Crippen molar-refractivity contribution < 1.29 is 4.79 Å². The minimum Gasteiger partial charge on any atom is -0.356 e. The van der Waals surface area contributed by atoms with Gasteiger partial charge in [-0.2, -0.15) is 0 Å². The molecule has 3 N–H and O–H groups in total. The van der Waals surface area contributed by atoms with Crippen LogP contribution in [0.2, 0.25) is 0 Å². The number of aromatic nitrogens is 1. The lowest BCUT2D eigenvalue weighted by Crippen LogP contribution is -2.38. The maximum absolute atomic E-state index is 11.7. The molecular formula is C19H25N5O. The summed E-state index contributed by atoms with van der Waals surface area (Å²) in [5, 5.41) is 9.18. The first-order valence-electron chi connectivity index (χ1n) is 8.30. The van der Waals surface area contributed by atoms with Gasteiger partial charge in [0.1, 0.15) is 0 Å². The summed E-state index contributed by atoms with van der Waals surface area (Å²) in [4.78, 5) is 20.3. The summed E-state index contributed by atoms with van der Waals surface area (Å²) >= 11 is 0. The van der Waals surface area contributed by atoms with Crippen LogP contribution in [0.25, 0.3) is 0 Å². The third-order valence-corrected chi connectivity index (χ3v) is 3.89. The Morgan fingerprint density at radius 2 is 2.04 bits per heavy atom. The van der Waals surface area contributed by atoms with Crippen LogP contribution in [0.15, 0.2) is 47.6 Å². The molecule has 0 spiro atoms. The van der Waals surface area contributed by atoms with Crippen LogP contribution in [-0.4, -0.2) is 37.5 Å². The normalized spacial score (nSPS) is 11.1. The summed E-state index contributed by atoms with van der Waals surface area (Å²) in [6.07, 6.45) is 2.59. The molecule has 2 aromatic rings. The van der Waals surface area contributed by atoms with Crippen LogP contribution in [0, 0.1) is 6.92 Å². The topological polar surface area (TPSA) is 78.4 Å². The second kappa shape index (κ2) is 9.42. The Balaban J connectivity index is 1.83. The van der Waals surface area contributed by atoms with Crippen LogP contribution in [0.5, 0.6) is 0 Å². The summed E-state index contributed by atoms with van der Waals surface area (Å²) in [5.74, 6) is 0.658. The quantitative estimate of drug-likeness (QED) is 0.552. The first-order chi connectivity index (χ1) is 12.1. The number of pyridine rings is 1. The van der Waals surface area contributed by atoms with Gasteiger partial charge in [0.2, 0.25) is 0 Å². The lowest BCUT2D eigenvalue weighted by molar-refractivity contribution is 0.0963. The maximum Gasteiger partial charge on any atom is 0.251 e. The zero-order valence-electron chi connectivity index (χ0n) is 15.0. The number of aryl methyl sites for hydroxylation is 1. The Morgan fingerprint density at radius 1 is 1.20 bits per heavy atom. The molecule has 0 atom stereocenters. The van der Waals surface area contributed by atoms with E-state index < -0.39 is 0 Å². The van der Waals surface area contributed by atoms with Gasteiger partial charge in [-0.15, -0.1) is 0 Å². The summed E-state index contributed by atoms with van der Waals surface area (Å²) in [6, 6.07) is 11.6. The molecule has 132 valence electrons. The second-order valence-corrected chi connectivity index (χ2v) is 5.65. The van der Waals surface area contributed by atoms with Crippen molar-refractivity contribution in [2.24, 2.45) is 4.99 Å². The van der Waals surface area contributed by atoms with Crippen LogP contribution in [0.4, 0.5) is 0 Å². The molecule has 25 heavy (non-hydrogen) atoms. The van der Waals surface area contributed by atoms with Crippen molar-refractivity contribution in [2.45, 2.75) is 19.9 Å². The second-order valence-electron chi connectivity index (χ2n) is 5.65. The minimum absolute atomic E-state index is 0.0713. The summed E-state index contributed by atoms with van der Waals surface area (Å²) in [6.45, 7) is 3.39. The number of carbonyl (C=O) groups is 1. The monoisotopic (exact) mass is 339 g/mol. The van der Waals surface area contributed by atoms with Crippen LogP contribution in [0.1, 0.15) is 27.2 Å². The van der Waals surface area contributed by atoms with Crippen molar-refractivity contribution in [1.82, 2.24) is 20.9 Å². The number of amides is 1.